The second kappa shape index (κ2) is 5.85. The van der Waals surface area contributed by atoms with E-state index in [4.69, 9.17) is 16.3 Å². The van der Waals surface area contributed by atoms with Gasteiger partial charge in [-0.2, -0.15) is 0 Å². The summed E-state index contributed by atoms with van der Waals surface area (Å²) < 4.78 is 5.23. The topological polar surface area (TPSA) is 84.4 Å². The van der Waals surface area contributed by atoms with Gasteiger partial charge < -0.3 is 15.0 Å². The van der Waals surface area contributed by atoms with Crippen LogP contribution in [0.15, 0.2) is 12.4 Å². The van der Waals surface area contributed by atoms with Crippen LogP contribution in [0.4, 0.5) is 4.79 Å². The molecule has 1 fully saturated rings. The van der Waals surface area contributed by atoms with E-state index < -0.39 is 5.60 Å². The predicted octanol–water partition coefficient (Wildman–Crippen LogP) is 1.48. The molecule has 1 aromatic heterocycles. The number of likely N-dealkylation sites (tertiary alicyclic amines) is 1. The minimum atomic E-state index is -0.523. The molecule has 0 spiro atoms. The maximum absolute atomic E-state index is 11.9. The summed E-state index contributed by atoms with van der Waals surface area (Å²) in [6, 6.07) is -0.109. The Hall–Kier alpha value is -1.89. The number of carbonyl (C=O) groups excluding carboxylic acids is 2. The summed E-state index contributed by atoms with van der Waals surface area (Å²) in [4.78, 5) is 32.8. The first-order valence-corrected chi connectivity index (χ1v) is 6.89. The van der Waals surface area contributed by atoms with E-state index >= 15 is 0 Å². The summed E-state index contributed by atoms with van der Waals surface area (Å²) >= 11 is 5.60. The molecule has 0 saturated carbocycles. The van der Waals surface area contributed by atoms with Gasteiger partial charge in [0.15, 0.2) is 0 Å². The monoisotopic (exact) mass is 312 g/mol. The Morgan fingerprint density at radius 1 is 1.33 bits per heavy atom. The molecule has 21 heavy (non-hydrogen) atoms. The van der Waals surface area contributed by atoms with E-state index in [-0.39, 0.29) is 28.9 Å². The van der Waals surface area contributed by atoms with Crippen molar-refractivity contribution in [2.45, 2.75) is 32.4 Å². The Morgan fingerprint density at radius 2 is 2.00 bits per heavy atom. The summed E-state index contributed by atoms with van der Waals surface area (Å²) in [6.07, 6.45) is 2.24. The lowest BCUT2D eigenvalue weighted by Crippen LogP contribution is -2.61. The molecule has 1 aliphatic heterocycles. The van der Waals surface area contributed by atoms with Crippen LogP contribution in [0.1, 0.15) is 31.3 Å². The van der Waals surface area contributed by atoms with Crippen molar-refractivity contribution >= 4 is 23.6 Å². The molecular weight excluding hydrogens is 296 g/mol. The molecule has 1 aliphatic rings. The molecule has 1 saturated heterocycles. The predicted molar refractivity (Wildman–Crippen MR) is 76.1 cm³/mol. The van der Waals surface area contributed by atoms with Gasteiger partial charge in [-0.1, -0.05) is 11.6 Å². The minimum Gasteiger partial charge on any atom is -0.444 e. The fraction of sp³-hybridized carbons (Fsp3) is 0.538. The summed E-state index contributed by atoms with van der Waals surface area (Å²) in [7, 11) is 0. The molecule has 114 valence electrons. The van der Waals surface area contributed by atoms with Crippen LogP contribution in [-0.4, -0.2) is 51.6 Å². The van der Waals surface area contributed by atoms with E-state index in [2.05, 4.69) is 15.3 Å². The lowest BCUT2D eigenvalue weighted by molar-refractivity contribution is 0.00531. The third kappa shape index (κ3) is 4.29. The fourth-order valence-electron chi connectivity index (χ4n) is 1.73. The van der Waals surface area contributed by atoms with Gasteiger partial charge in [-0.05, 0) is 20.8 Å². The maximum atomic E-state index is 11.9. The molecule has 2 amide bonds. The van der Waals surface area contributed by atoms with Crippen LogP contribution in [0.2, 0.25) is 5.15 Å². The summed E-state index contributed by atoms with van der Waals surface area (Å²) in [5, 5.41) is 2.99. The van der Waals surface area contributed by atoms with Crippen LogP contribution in [0, 0.1) is 0 Å². The number of halogens is 1. The number of hydrogen-bond donors (Lipinski definition) is 1. The van der Waals surface area contributed by atoms with Crippen LogP contribution in [0.5, 0.6) is 0 Å². The van der Waals surface area contributed by atoms with E-state index in [9.17, 15) is 9.59 Å². The fourth-order valence-corrected chi connectivity index (χ4v) is 1.83. The SMILES string of the molecule is CC(C)(C)OC(=O)N1CC(NC(=O)c2cnc(Cl)cn2)C1. The van der Waals surface area contributed by atoms with Gasteiger partial charge in [0.25, 0.3) is 5.91 Å². The van der Waals surface area contributed by atoms with E-state index in [1.807, 2.05) is 20.8 Å². The van der Waals surface area contributed by atoms with Gasteiger partial charge in [-0.15, -0.1) is 0 Å². The molecule has 2 rings (SSSR count). The standard InChI is InChI=1S/C13H17ClN4O3/c1-13(2,3)21-12(20)18-6-8(7-18)17-11(19)9-4-16-10(14)5-15-9/h4-5,8H,6-7H2,1-3H3,(H,17,19). The first kappa shape index (κ1) is 15.5. The van der Waals surface area contributed by atoms with Crippen molar-refractivity contribution in [3.05, 3.63) is 23.2 Å². The minimum absolute atomic E-state index is 0.109. The first-order valence-electron chi connectivity index (χ1n) is 6.51. The molecule has 1 N–H and O–H groups in total. The highest BCUT2D eigenvalue weighted by atomic mass is 35.5. The lowest BCUT2D eigenvalue weighted by atomic mass is 10.1. The van der Waals surface area contributed by atoms with Crippen LogP contribution < -0.4 is 5.32 Å². The number of rotatable bonds is 2. The first-order chi connectivity index (χ1) is 9.74. The molecule has 1 aromatic rings. The second-order valence-electron chi connectivity index (χ2n) is 5.78. The molecule has 2 heterocycles. The Labute approximate surface area is 127 Å². The van der Waals surface area contributed by atoms with Crippen molar-refractivity contribution in [2.24, 2.45) is 0 Å². The van der Waals surface area contributed by atoms with Gasteiger partial charge in [0.1, 0.15) is 16.4 Å². The zero-order valence-electron chi connectivity index (χ0n) is 12.1. The number of hydrogen-bond acceptors (Lipinski definition) is 5. The zero-order valence-corrected chi connectivity index (χ0v) is 12.8. The second-order valence-corrected chi connectivity index (χ2v) is 6.17. The highest BCUT2D eigenvalue weighted by Crippen LogP contribution is 2.15. The zero-order chi connectivity index (χ0) is 15.6. The lowest BCUT2D eigenvalue weighted by Gasteiger charge is -2.39. The molecule has 0 unspecified atom stereocenters. The Kier molecular flexibility index (Phi) is 4.32. The van der Waals surface area contributed by atoms with Crippen LogP contribution in [0.3, 0.4) is 0 Å². The van der Waals surface area contributed by atoms with Crippen molar-refractivity contribution < 1.29 is 14.3 Å². The van der Waals surface area contributed by atoms with Crippen molar-refractivity contribution in [3.63, 3.8) is 0 Å². The highest BCUT2D eigenvalue weighted by Gasteiger charge is 2.34. The Bertz CT molecular complexity index is 535. The Balaban J connectivity index is 1.79. The van der Waals surface area contributed by atoms with Crippen LogP contribution in [0.25, 0.3) is 0 Å². The van der Waals surface area contributed by atoms with Gasteiger partial charge in [-0.3, -0.25) is 4.79 Å². The van der Waals surface area contributed by atoms with Crippen molar-refractivity contribution in [1.29, 1.82) is 0 Å². The van der Waals surface area contributed by atoms with E-state index in [0.717, 1.165) is 0 Å². The van der Waals surface area contributed by atoms with Gasteiger partial charge in [-0.25, -0.2) is 14.8 Å². The van der Waals surface area contributed by atoms with Gasteiger partial charge in [0, 0.05) is 13.1 Å². The largest absolute Gasteiger partial charge is 0.444 e. The number of amides is 2. The van der Waals surface area contributed by atoms with E-state index in [1.54, 1.807) is 0 Å². The summed E-state index contributed by atoms with van der Waals surface area (Å²) in [5.41, 5.74) is -0.334. The van der Waals surface area contributed by atoms with Gasteiger partial charge in [0.05, 0.1) is 18.4 Å². The normalized spacial score (nSPS) is 15.3. The Morgan fingerprint density at radius 3 is 2.52 bits per heavy atom. The van der Waals surface area contributed by atoms with Crippen molar-refractivity contribution in [2.75, 3.05) is 13.1 Å². The molecule has 0 bridgehead atoms. The molecule has 0 atom stereocenters. The van der Waals surface area contributed by atoms with E-state index in [0.29, 0.717) is 13.1 Å². The highest BCUT2D eigenvalue weighted by molar-refractivity contribution is 6.29. The molecule has 0 aromatic carbocycles. The number of carbonyl (C=O) groups is 2. The van der Waals surface area contributed by atoms with Crippen molar-refractivity contribution in [1.82, 2.24) is 20.2 Å². The number of nitrogens with one attached hydrogen (secondary N) is 1. The molecule has 0 aliphatic carbocycles. The molecule has 0 radical (unpaired) electrons. The van der Waals surface area contributed by atoms with Gasteiger partial charge >= 0.3 is 6.09 Å². The quantitative estimate of drug-likeness (QED) is 0.894. The molecular formula is C13H17ClN4O3. The van der Waals surface area contributed by atoms with Crippen molar-refractivity contribution in [3.8, 4) is 0 Å². The number of ether oxygens (including phenoxy) is 1. The van der Waals surface area contributed by atoms with Crippen LogP contribution in [-0.2, 0) is 4.74 Å². The van der Waals surface area contributed by atoms with Crippen LogP contribution >= 0.6 is 11.6 Å². The average molecular weight is 313 g/mol. The number of nitrogens with zero attached hydrogens (tertiary/aromatic N) is 3. The molecule has 7 nitrogen and oxygen atoms in total. The third-order valence-corrected chi connectivity index (χ3v) is 2.92. The summed E-state index contributed by atoms with van der Waals surface area (Å²) in [6.45, 7) is 6.26. The smallest absolute Gasteiger partial charge is 0.410 e. The number of aromatic nitrogens is 2. The maximum Gasteiger partial charge on any atom is 0.410 e. The average Bonchev–Trinajstić information content (AvgIpc) is 2.31. The molecule has 8 heteroatoms. The summed E-state index contributed by atoms with van der Waals surface area (Å²) in [5.74, 6) is -0.340. The van der Waals surface area contributed by atoms with E-state index in [1.165, 1.54) is 17.3 Å². The third-order valence-electron chi connectivity index (χ3n) is 2.72. The van der Waals surface area contributed by atoms with Gasteiger partial charge in [0.2, 0.25) is 0 Å².